The summed E-state index contributed by atoms with van der Waals surface area (Å²) in [5.74, 6) is -0.933. The van der Waals surface area contributed by atoms with Crippen LogP contribution in [0, 0.1) is 11.8 Å². The molecule has 0 bridgehead atoms. The highest BCUT2D eigenvalue weighted by Crippen LogP contribution is 2.35. The summed E-state index contributed by atoms with van der Waals surface area (Å²) < 4.78 is 38.6. The summed E-state index contributed by atoms with van der Waals surface area (Å²) in [5.41, 5.74) is 3.29. The number of amides is 2. The number of nitrogens with zero attached hydrogens (tertiary/aromatic N) is 2. The lowest BCUT2D eigenvalue weighted by Crippen LogP contribution is -2.42. The van der Waals surface area contributed by atoms with Gasteiger partial charge in [0.25, 0.3) is 0 Å². The number of aromatic nitrogens is 2. The van der Waals surface area contributed by atoms with Gasteiger partial charge < -0.3 is 15.2 Å². The number of H-pyrrole nitrogens is 1. The topological polar surface area (TPSA) is 78.1 Å². The minimum atomic E-state index is -4.19. The average Bonchev–Trinajstić information content (AvgIpc) is 3.56. The Morgan fingerprint density at radius 1 is 1.06 bits per heavy atom. The number of rotatable bonds is 5. The van der Waals surface area contributed by atoms with Crippen molar-refractivity contribution in [3.8, 4) is 11.1 Å². The maximum absolute atomic E-state index is 12.9. The number of benzene rings is 1. The summed E-state index contributed by atoms with van der Waals surface area (Å²) in [6, 6.07) is 11.3. The van der Waals surface area contributed by atoms with Crippen LogP contribution in [-0.4, -0.2) is 45.9 Å². The van der Waals surface area contributed by atoms with E-state index in [1.54, 1.807) is 6.20 Å². The second kappa shape index (κ2) is 8.77. The minimum absolute atomic E-state index is 0.0162. The largest absolute Gasteiger partial charge is 0.391 e. The van der Waals surface area contributed by atoms with Crippen molar-refractivity contribution >= 4 is 28.7 Å². The van der Waals surface area contributed by atoms with E-state index in [4.69, 9.17) is 0 Å². The van der Waals surface area contributed by atoms with Crippen LogP contribution in [0.5, 0.6) is 0 Å². The number of piperidine rings is 1. The van der Waals surface area contributed by atoms with Crippen molar-refractivity contribution in [1.82, 2.24) is 14.9 Å². The zero-order valence-electron chi connectivity index (χ0n) is 18.5. The molecule has 1 aliphatic heterocycles. The number of hydrogen-bond acceptors (Lipinski definition) is 3. The molecule has 3 aromatic rings. The number of pyridine rings is 1. The van der Waals surface area contributed by atoms with Gasteiger partial charge in [0.2, 0.25) is 11.8 Å². The Kier molecular flexibility index (Phi) is 5.79. The van der Waals surface area contributed by atoms with Crippen LogP contribution in [0.3, 0.4) is 0 Å². The number of carbonyl (C=O) groups is 2. The number of anilines is 1. The number of carbonyl (C=O) groups excluding carboxylic acids is 2. The third-order valence-corrected chi connectivity index (χ3v) is 6.66. The smallest absolute Gasteiger partial charge is 0.346 e. The van der Waals surface area contributed by atoms with Crippen LogP contribution in [0.4, 0.5) is 19.0 Å². The SMILES string of the molecule is O=C(Nc1cc(-c2ccc(CC(=O)N3CCC(C(F)(F)F)CC3)cc2)c2cc[nH]c2n1)C1CC1. The number of hydrogen-bond donors (Lipinski definition) is 2. The zero-order valence-corrected chi connectivity index (χ0v) is 18.5. The van der Waals surface area contributed by atoms with Crippen LogP contribution in [0.25, 0.3) is 22.2 Å². The molecule has 0 unspecified atom stereocenters. The summed E-state index contributed by atoms with van der Waals surface area (Å²) >= 11 is 0. The predicted molar refractivity (Wildman–Crippen MR) is 122 cm³/mol. The molecule has 2 aliphatic rings. The first kappa shape index (κ1) is 22.4. The van der Waals surface area contributed by atoms with Crippen molar-refractivity contribution in [1.29, 1.82) is 0 Å². The number of fused-ring (bicyclic) bond motifs is 1. The number of aromatic amines is 1. The van der Waals surface area contributed by atoms with E-state index in [-0.39, 0.29) is 50.1 Å². The predicted octanol–water partition coefficient (Wildman–Crippen LogP) is 4.92. The first-order valence-corrected chi connectivity index (χ1v) is 11.5. The Hall–Kier alpha value is -3.36. The third kappa shape index (κ3) is 4.78. The van der Waals surface area contributed by atoms with E-state index in [0.717, 1.165) is 34.9 Å². The van der Waals surface area contributed by atoms with Gasteiger partial charge in [-0.15, -0.1) is 0 Å². The maximum Gasteiger partial charge on any atom is 0.391 e. The molecule has 2 amide bonds. The quantitative estimate of drug-likeness (QED) is 0.556. The summed E-state index contributed by atoms with van der Waals surface area (Å²) in [5, 5.41) is 3.81. The van der Waals surface area contributed by atoms with Gasteiger partial charge in [-0.3, -0.25) is 9.59 Å². The van der Waals surface area contributed by atoms with Crippen molar-refractivity contribution in [2.45, 2.75) is 38.3 Å². The highest BCUT2D eigenvalue weighted by molar-refractivity contribution is 5.99. The van der Waals surface area contributed by atoms with Crippen LogP contribution in [0.1, 0.15) is 31.2 Å². The third-order valence-electron chi connectivity index (χ3n) is 6.66. The number of likely N-dealkylation sites (tertiary alicyclic amines) is 1. The fourth-order valence-corrected chi connectivity index (χ4v) is 4.46. The molecule has 0 radical (unpaired) electrons. The molecule has 0 atom stereocenters. The molecule has 9 heteroatoms. The number of nitrogens with one attached hydrogen (secondary N) is 2. The first-order chi connectivity index (χ1) is 16.3. The van der Waals surface area contributed by atoms with E-state index in [1.165, 1.54) is 4.90 Å². The lowest BCUT2D eigenvalue weighted by molar-refractivity contribution is -0.186. The summed E-state index contributed by atoms with van der Waals surface area (Å²) in [4.78, 5) is 33.9. The van der Waals surface area contributed by atoms with Crippen LogP contribution in [-0.2, 0) is 16.0 Å². The fraction of sp³-hybridized carbons (Fsp3) is 0.400. The van der Waals surface area contributed by atoms with Crippen LogP contribution >= 0.6 is 0 Å². The molecule has 34 heavy (non-hydrogen) atoms. The van der Waals surface area contributed by atoms with Gasteiger partial charge in [-0.2, -0.15) is 13.2 Å². The monoisotopic (exact) mass is 470 g/mol. The second-order valence-electron chi connectivity index (χ2n) is 9.13. The Morgan fingerprint density at radius 2 is 1.76 bits per heavy atom. The molecule has 178 valence electrons. The van der Waals surface area contributed by atoms with Crippen molar-refractivity contribution in [2.75, 3.05) is 18.4 Å². The van der Waals surface area contributed by atoms with Gasteiger partial charge in [0.15, 0.2) is 0 Å². The van der Waals surface area contributed by atoms with Gasteiger partial charge in [-0.05, 0) is 54.5 Å². The lowest BCUT2D eigenvalue weighted by atomic mass is 9.95. The molecule has 6 nitrogen and oxygen atoms in total. The molecule has 1 saturated carbocycles. The van der Waals surface area contributed by atoms with Gasteiger partial charge in [-0.1, -0.05) is 24.3 Å². The fourth-order valence-electron chi connectivity index (χ4n) is 4.46. The first-order valence-electron chi connectivity index (χ1n) is 11.5. The highest BCUT2D eigenvalue weighted by Gasteiger charge is 2.41. The van der Waals surface area contributed by atoms with Crippen LogP contribution < -0.4 is 5.32 Å². The minimum Gasteiger partial charge on any atom is -0.346 e. The molecule has 5 rings (SSSR count). The number of halogens is 3. The van der Waals surface area contributed by atoms with Crippen molar-refractivity contribution in [3.05, 3.63) is 48.2 Å². The highest BCUT2D eigenvalue weighted by atomic mass is 19.4. The van der Waals surface area contributed by atoms with E-state index < -0.39 is 12.1 Å². The normalized spacial score (nSPS) is 17.2. The lowest BCUT2D eigenvalue weighted by Gasteiger charge is -2.33. The molecule has 1 aliphatic carbocycles. The van der Waals surface area contributed by atoms with Gasteiger partial charge >= 0.3 is 6.18 Å². The summed E-state index contributed by atoms with van der Waals surface area (Å²) in [6.45, 7) is 0.276. The van der Waals surface area contributed by atoms with Crippen molar-refractivity contribution in [2.24, 2.45) is 11.8 Å². The van der Waals surface area contributed by atoms with Crippen LogP contribution in [0.2, 0.25) is 0 Å². The Bertz CT molecular complexity index is 1210. The van der Waals surface area contributed by atoms with E-state index in [1.807, 2.05) is 36.4 Å². The van der Waals surface area contributed by atoms with E-state index in [9.17, 15) is 22.8 Å². The molecular weight excluding hydrogens is 445 g/mol. The van der Waals surface area contributed by atoms with E-state index in [2.05, 4.69) is 15.3 Å². The average molecular weight is 470 g/mol. The Balaban J connectivity index is 1.28. The molecule has 1 aromatic carbocycles. The zero-order chi connectivity index (χ0) is 23.9. The van der Waals surface area contributed by atoms with Gasteiger partial charge in [0, 0.05) is 30.6 Å². The number of alkyl halides is 3. The van der Waals surface area contributed by atoms with Crippen molar-refractivity contribution in [3.63, 3.8) is 0 Å². The molecule has 0 spiro atoms. The molecule has 3 heterocycles. The Morgan fingerprint density at radius 3 is 2.41 bits per heavy atom. The van der Waals surface area contributed by atoms with Gasteiger partial charge in [0.05, 0.1) is 12.3 Å². The van der Waals surface area contributed by atoms with Crippen LogP contribution in [0.15, 0.2) is 42.6 Å². The van der Waals surface area contributed by atoms with E-state index in [0.29, 0.717) is 11.5 Å². The molecule has 1 saturated heterocycles. The van der Waals surface area contributed by atoms with Gasteiger partial charge in [-0.25, -0.2) is 4.98 Å². The molecule has 2 fully saturated rings. The summed E-state index contributed by atoms with van der Waals surface area (Å²) in [7, 11) is 0. The van der Waals surface area contributed by atoms with Gasteiger partial charge in [0.1, 0.15) is 11.5 Å². The second-order valence-corrected chi connectivity index (χ2v) is 9.13. The molecule has 2 aromatic heterocycles. The standard InChI is InChI=1S/C25H25F3N4O2/c26-25(27,28)18-8-11-32(12-9-18)22(33)13-15-1-3-16(4-2-15)20-14-21(31-24(34)17-5-6-17)30-23-19(20)7-10-29-23/h1-4,7,10,14,17-18H,5-6,8-9,11-13H2,(H2,29,30,31,34). The molecule has 2 N–H and O–H groups in total. The van der Waals surface area contributed by atoms with E-state index >= 15 is 0 Å². The summed E-state index contributed by atoms with van der Waals surface area (Å²) in [6.07, 6.45) is -0.513. The molecular formula is C25H25F3N4O2. The van der Waals surface area contributed by atoms with Crippen molar-refractivity contribution < 1.29 is 22.8 Å². The Labute approximate surface area is 194 Å². The maximum atomic E-state index is 12.9.